The third-order valence-electron chi connectivity index (χ3n) is 7.69. The number of hydrogen-bond acceptors (Lipinski definition) is 4. The maximum atomic E-state index is 12.5. The van der Waals surface area contributed by atoms with Crippen molar-refractivity contribution in [2.75, 3.05) is 0 Å². The lowest BCUT2D eigenvalue weighted by Crippen LogP contribution is -2.56. The lowest BCUT2D eigenvalue weighted by molar-refractivity contribution is -0.0628. The topological polar surface area (TPSA) is 95.5 Å². The van der Waals surface area contributed by atoms with Crippen LogP contribution in [-0.4, -0.2) is 31.7 Å². The Kier molecular flexibility index (Phi) is 3.91. The van der Waals surface area contributed by atoms with Crippen molar-refractivity contribution in [1.82, 2.24) is 10.0 Å². The molecule has 0 saturated heterocycles. The Hall–Kier alpha value is -2.12. The van der Waals surface area contributed by atoms with Crippen molar-refractivity contribution in [2.45, 2.75) is 43.7 Å². The number of benzene rings is 1. The van der Waals surface area contributed by atoms with Crippen LogP contribution in [0.2, 0.25) is 0 Å². The Morgan fingerprint density at radius 2 is 1.86 bits per heavy atom. The third-order valence-corrected chi connectivity index (χ3v) is 9.04. The highest BCUT2D eigenvalue weighted by atomic mass is 32.2. The molecule has 150 valence electrons. The summed E-state index contributed by atoms with van der Waals surface area (Å²) in [4.78, 5) is 12.5. The molecule has 0 aliphatic heterocycles. The van der Waals surface area contributed by atoms with Gasteiger partial charge in [-0.25, -0.2) is 17.9 Å². The standard InChI is InChI=1S/C21H26N2O4S/c1-5-19(4)16-15(17(24)20(6-2)11-12-21(16,19)20)22-18(25)23-28(26,27)14-9-7-13(3)8-10-14/h5-10,15-17,24H,1-2,11-12H2,3-4H3,(H2,22,23,25). The van der Waals surface area contributed by atoms with Crippen LogP contribution in [0.25, 0.3) is 0 Å². The van der Waals surface area contributed by atoms with E-state index in [9.17, 15) is 18.3 Å². The molecule has 6 nitrogen and oxygen atoms in total. The van der Waals surface area contributed by atoms with Gasteiger partial charge in [0.25, 0.3) is 10.0 Å². The van der Waals surface area contributed by atoms with Gasteiger partial charge in [-0.05, 0) is 48.6 Å². The highest BCUT2D eigenvalue weighted by Crippen LogP contribution is 2.91. The summed E-state index contributed by atoms with van der Waals surface area (Å²) < 4.78 is 27.0. The van der Waals surface area contributed by atoms with E-state index in [1.54, 1.807) is 12.1 Å². The molecule has 3 N–H and O–H groups in total. The van der Waals surface area contributed by atoms with E-state index in [0.717, 1.165) is 18.4 Å². The van der Waals surface area contributed by atoms with Crippen LogP contribution in [0, 0.1) is 29.1 Å². The lowest BCUT2D eigenvalue weighted by Gasteiger charge is -2.52. The molecule has 3 aliphatic carbocycles. The minimum absolute atomic E-state index is 0.00655. The van der Waals surface area contributed by atoms with E-state index in [1.165, 1.54) is 12.1 Å². The number of aliphatic hydroxyl groups is 1. The van der Waals surface area contributed by atoms with Crippen LogP contribution in [0.1, 0.15) is 25.3 Å². The summed E-state index contributed by atoms with van der Waals surface area (Å²) in [5.74, 6) is 0.00655. The number of aryl methyl sites for hydroxylation is 1. The first kappa shape index (κ1) is 19.2. The number of urea groups is 1. The molecule has 1 aromatic carbocycles. The normalized spacial score (nSPS) is 40.5. The smallest absolute Gasteiger partial charge is 0.329 e. The third kappa shape index (κ3) is 2.06. The number of hydrogen-bond donors (Lipinski definition) is 3. The Balaban J connectivity index is 1.55. The fraction of sp³-hybridized carbons (Fsp3) is 0.476. The van der Waals surface area contributed by atoms with Crippen LogP contribution in [0.15, 0.2) is 54.5 Å². The van der Waals surface area contributed by atoms with Gasteiger partial charge in [-0.1, -0.05) is 36.8 Å². The molecule has 0 aromatic heterocycles. The average Bonchev–Trinajstić information content (AvgIpc) is 3.18. The van der Waals surface area contributed by atoms with Gasteiger partial charge in [0.05, 0.1) is 17.0 Å². The SMILES string of the molecule is C=CC1(C)C2C(NC(=O)NS(=O)(=O)c3ccc(C)cc3)C(O)C3(C=C)CCC213. The fourth-order valence-corrected chi connectivity index (χ4v) is 7.12. The molecule has 3 aliphatic rings. The summed E-state index contributed by atoms with van der Waals surface area (Å²) in [6, 6.07) is 4.85. The number of sulfonamides is 1. The van der Waals surface area contributed by atoms with E-state index in [1.807, 2.05) is 19.1 Å². The minimum Gasteiger partial charge on any atom is -0.390 e. The molecule has 4 rings (SSSR count). The molecule has 1 aromatic rings. The second-order valence-corrected chi connectivity index (χ2v) is 10.2. The quantitative estimate of drug-likeness (QED) is 0.660. The van der Waals surface area contributed by atoms with Crippen LogP contribution in [0.3, 0.4) is 0 Å². The number of allylic oxidation sites excluding steroid dienone is 1. The summed E-state index contributed by atoms with van der Waals surface area (Å²) in [5.41, 5.74) is 0.0859. The summed E-state index contributed by atoms with van der Waals surface area (Å²) >= 11 is 0. The number of amides is 2. The van der Waals surface area contributed by atoms with Gasteiger partial charge in [-0.2, -0.15) is 0 Å². The molecule has 6 unspecified atom stereocenters. The van der Waals surface area contributed by atoms with E-state index in [0.29, 0.717) is 0 Å². The Labute approximate surface area is 165 Å². The molecule has 7 heteroatoms. The zero-order valence-corrected chi connectivity index (χ0v) is 16.9. The molecule has 1 spiro atoms. The van der Waals surface area contributed by atoms with Crippen molar-refractivity contribution in [1.29, 1.82) is 0 Å². The minimum atomic E-state index is -3.99. The fourth-order valence-electron chi connectivity index (χ4n) is 6.20. The number of carbonyl (C=O) groups excluding carboxylic acids is 1. The maximum absolute atomic E-state index is 12.5. The predicted octanol–water partition coefficient (Wildman–Crippen LogP) is 2.50. The van der Waals surface area contributed by atoms with E-state index in [4.69, 9.17) is 0 Å². The lowest BCUT2D eigenvalue weighted by atomic mass is 9.53. The molecule has 0 radical (unpaired) electrons. The Morgan fingerprint density at radius 1 is 1.21 bits per heavy atom. The van der Waals surface area contributed by atoms with Gasteiger partial charge in [0.15, 0.2) is 0 Å². The summed E-state index contributed by atoms with van der Waals surface area (Å²) in [6.07, 6.45) is 4.65. The second-order valence-electron chi connectivity index (χ2n) is 8.54. The Bertz CT molecular complexity index is 973. The molecule has 2 amide bonds. The summed E-state index contributed by atoms with van der Waals surface area (Å²) in [7, 11) is -3.99. The molecular formula is C21H26N2O4S. The van der Waals surface area contributed by atoms with Gasteiger partial charge in [-0.3, -0.25) is 0 Å². The van der Waals surface area contributed by atoms with E-state index >= 15 is 0 Å². The van der Waals surface area contributed by atoms with Crippen molar-refractivity contribution >= 4 is 16.1 Å². The van der Waals surface area contributed by atoms with Crippen LogP contribution < -0.4 is 10.0 Å². The second kappa shape index (κ2) is 5.70. The van der Waals surface area contributed by atoms with E-state index in [2.05, 4.69) is 30.1 Å². The van der Waals surface area contributed by atoms with Crippen LogP contribution in [0.5, 0.6) is 0 Å². The van der Waals surface area contributed by atoms with Crippen LogP contribution >= 0.6 is 0 Å². The molecule has 0 heterocycles. The Morgan fingerprint density at radius 3 is 2.36 bits per heavy atom. The average molecular weight is 403 g/mol. The van der Waals surface area contributed by atoms with E-state index in [-0.39, 0.29) is 21.6 Å². The van der Waals surface area contributed by atoms with Gasteiger partial charge < -0.3 is 10.4 Å². The molecule has 3 fully saturated rings. The molecule has 28 heavy (non-hydrogen) atoms. The van der Waals surface area contributed by atoms with Gasteiger partial charge in [-0.15, -0.1) is 13.2 Å². The molecule has 0 bridgehead atoms. The summed E-state index contributed by atoms with van der Waals surface area (Å²) in [5, 5.41) is 13.7. The van der Waals surface area contributed by atoms with Gasteiger partial charge in [0.1, 0.15) is 0 Å². The zero-order valence-electron chi connectivity index (χ0n) is 16.1. The number of rotatable bonds is 5. The van der Waals surface area contributed by atoms with Gasteiger partial charge >= 0.3 is 6.03 Å². The highest BCUT2D eigenvalue weighted by molar-refractivity contribution is 7.90. The maximum Gasteiger partial charge on any atom is 0.329 e. The van der Waals surface area contributed by atoms with Gasteiger partial charge in [0, 0.05) is 5.41 Å². The highest BCUT2D eigenvalue weighted by Gasteiger charge is 2.91. The number of nitrogens with one attached hydrogen (secondary N) is 2. The van der Waals surface area contributed by atoms with Gasteiger partial charge in [0.2, 0.25) is 0 Å². The van der Waals surface area contributed by atoms with E-state index < -0.39 is 33.6 Å². The largest absolute Gasteiger partial charge is 0.390 e. The van der Waals surface area contributed by atoms with Crippen LogP contribution in [-0.2, 0) is 10.0 Å². The van der Waals surface area contributed by atoms with Crippen molar-refractivity contribution in [3.63, 3.8) is 0 Å². The van der Waals surface area contributed by atoms with Crippen molar-refractivity contribution in [2.24, 2.45) is 22.2 Å². The van der Waals surface area contributed by atoms with Crippen molar-refractivity contribution in [3.05, 3.63) is 55.1 Å². The molecule has 3 saturated carbocycles. The van der Waals surface area contributed by atoms with Crippen LogP contribution in [0.4, 0.5) is 4.79 Å². The van der Waals surface area contributed by atoms with Crippen molar-refractivity contribution in [3.8, 4) is 0 Å². The number of aliphatic hydroxyl groups excluding tert-OH is 1. The van der Waals surface area contributed by atoms with Crippen molar-refractivity contribution < 1.29 is 18.3 Å². The predicted molar refractivity (Wildman–Crippen MR) is 106 cm³/mol. The zero-order chi connectivity index (χ0) is 20.5. The molecular weight excluding hydrogens is 376 g/mol. The monoisotopic (exact) mass is 402 g/mol. The number of carbonyl (C=O) groups is 1. The first-order chi connectivity index (χ1) is 13.1. The summed E-state index contributed by atoms with van der Waals surface area (Å²) in [6.45, 7) is 11.8. The molecule has 6 atom stereocenters. The first-order valence-corrected chi connectivity index (χ1v) is 10.9. The first-order valence-electron chi connectivity index (χ1n) is 9.45.